The van der Waals surface area contributed by atoms with Gasteiger partial charge in [0.25, 0.3) is 15.9 Å². The summed E-state index contributed by atoms with van der Waals surface area (Å²) in [6.45, 7) is 2.99. The van der Waals surface area contributed by atoms with E-state index in [-0.39, 0.29) is 17.9 Å². The predicted molar refractivity (Wildman–Crippen MR) is 162 cm³/mol. The fourth-order valence-corrected chi connectivity index (χ4v) is 7.33. The number of hydrogen-bond acceptors (Lipinski definition) is 7. The lowest BCUT2D eigenvalue weighted by Gasteiger charge is -2.18. The SMILES string of the molecule is CC1CC=CC=C1S(=O)(=O)n1cc(-c2nc(N[C@@H]3CCN(C(=O)c4ccc(N)cc4)C3)ncc2Cl)c2ccccc21. The van der Waals surface area contributed by atoms with Gasteiger partial charge >= 0.3 is 0 Å². The first kappa shape index (κ1) is 27.0. The van der Waals surface area contributed by atoms with Crippen molar-refractivity contribution >= 4 is 50.1 Å². The second kappa shape index (κ2) is 10.7. The van der Waals surface area contributed by atoms with Gasteiger partial charge in [0, 0.05) is 47.5 Å². The van der Waals surface area contributed by atoms with Gasteiger partial charge in [-0.2, -0.15) is 0 Å². The molecule has 3 N–H and O–H groups in total. The van der Waals surface area contributed by atoms with Crippen LogP contribution in [-0.2, 0) is 10.0 Å². The summed E-state index contributed by atoms with van der Waals surface area (Å²) in [5.41, 5.74) is 8.50. The van der Waals surface area contributed by atoms with Crippen molar-refractivity contribution in [1.29, 1.82) is 0 Å². The summed E-state index contributed by atoms with van der Waals surface area (Å²) in [6, 6.07) is 14.1. The highest BCUT2D eigenvalue weighted by atomic mass is 35.5. The zero-order valence-corrected chi connectivity index (χ0v) is 23.9. The number of amides is 1. The van der Waals surface area contributed by atoms with Crippen molar-refractivity contribution in [3.63, 3.8) is 0 Å². The summed E-state index contributed by atoms with van der Waals surface area (Å²) >= 11 is 6.59. The molecule has 1 unspecified atom stereocenters. The number of rotatable bonds is 6. The van der Waals surface area contributed by atoms with Crippen molar-refractivity contribution in [2.24, 2.45) is 5.92 Å². The number of carbonyl (C=O) groups is 1. The van der Waals surface area contributed by atoms with Gasteiger partial charge in [0.15, 0.2) is 0 Å². The number of hydrogen-bond donors (Lipinski definition) is 2. The number of benzene rings is 2. The number of likely N-dealkylation sites (tertiary alicyclic amines) is 1. The van der Waals surface area contributed by atoms with Crippen molar-refractivity contribution in [1.82, 2.24) is 18.8 Å². The van der Waals surface area contributed by atoms with E-state index < -0.39 is 10.0 Å². The van der Waals surface area contributed by atoms with Gasteiger partial charge in [-0.1, -0.05) is 48.9 Å². The summed E-state index contributed by atoms with van der Waals surface area (Å²) in [6.07, 6.45) is 9.90. The Morgan fingerprint density at radius 2 is 1.93 bits per heavy atom. The Labute approximate surface area is 243 Å². The normalized spacial score (nSPS) is 19.0. The Bertz CT molecular complexity index is 1810. The number of nitrogens with one attached hydrogen (secondary N) is 1. The van der Waals surface area contributed by atoms with Crippen LogP contribution in [0.2, 0.25) is 5.02 Å². The summed E-state index contributed by atoms with van der Waals surface area (Å²) in [7, 11) is -3.83. The molecule has 2 aromatic carbocycles. The number of nitrogens with zero attached hydrogens (tertiary/aromatic N) is 4. The molecular weight excluding hydrogens is 560 g/mol. The molecule has 1 fully saturated rings. The lowest BCUT2D eigenvalue weighted by Crippen LogP contribution is -2.31. The maximum atomic E-state index is 13.8. The van der Waals surface area contributed by atoms with E-state index in [1.54, 1.807) is 53.6 Å². The average molecular weight is 589 g/mol. The maximum absolute atomic E-state index is 13.8. The van der Waals surface area contributed by atoms with E-state index in [0.29, 0.717) is 68.8 Å². The molecular formula is C30H29ClN6O3S. The van der Waals surface area contributed by atoms with Crippen LogP contribution in [0.25, 0.3) is 22.2 Å². The molecule has 1 aliphatic carbocycles. The molecule has 1 saturated heterocycles. The van der Waals surface area contributed by atoms with Gasteiger partial charge in [-0.15, -0.1) is 0 Å². The first-order valence-electron chi connectivity index (χ1n) is 13.4. The average Bonchev–Trinajstić information content (AvgIpc) is 3.60. The first-order chi connectivity index (χ1) is 19.7. The Kier molecular flexibility index (Phi) is 7.04. The third-order valence-electron chi connectivity index (χ3n) is 7.57. The second-order valence-corrected chi connectivity index (χ2v) is 12.6. The van der Waals surface area contributed by atoms with Crippen LogP contribution in [0.1, 0.15) is 30.1 Å². The van der Waals surface area contributed by atoms with E-state index in [9.17, 15) is 13.2 Å². The second-order valence-electron chi connectivity index (χ2n) is 10.4. The van der Waals surface area contributed by atoms with Crippen LogP contribution < -0.4 is 11.1 Å². The molecule has 1 amide bonds. The molecule has 0 spiro atoms. The monoisotopic (exact) mass is 588 g/mol. The van der Waals surface area contributed by atoms with E-state index >= 15 is 0 Å². The molecule has 210 valence electrons. The minimum Gasteiger partial charge on any atom is -0.399 e. The van der Waals surface area contributed by atoms with Gasteiger partial charge in [0.2, 0.25) is 5.95 Å². The van der Waals surface area contributed by atoms with E-state index in [0.717, 1.165) is 6.42 Å². The molecule has 9 nitrogen and oxygen atoms in total. The van der Waals surface area contributed by atoms with E-state index in [1.807, 2.05) is 31.2 Å². The Balaban J connectivity index is 1.29. The van der Waals surface area contributed by atoms with Crippen LogP contribution in [-0.4, -0.2) is 52.3 Å². The standard InChI is InChI=1S/C30H29ClN6O3S/c1-19-6-2-5-9-27(19)41(39,40)37-18-24(23-7-3-4-8-26(23)37)28-25(31)16-33-30(35-28)34-22-14-15-36(17-22)29(38)20-10-12-21(32)13-11-20/h2-5,7-13,16,18-19,22H,6,14-15,17,32H2,1H3,(H,33,34,35)/t19?,22-/m1/s1. The smallest absolute Gasteiger partial charge is 0.264 e. The minimum absolute atomic E-state index is 0.0566. The highest BCUT2D eigenvalue weighted by Crippen LogP contribution is 2.37. The quantitative estimate of drug-likeness (QED) is 0.292. The third kappa shape index (κ3) is 5.09. The first-order valence-corrected chi connectivity index (χ1v) is 15.2. The molecule has 41 heavy (non-hydrogen) atoms. The molecule has 2 atom stereocenters. The van der Waals surface area contributed by atoms with Crippen LogP contribution in [0.15, 0.2) is 84.1 Å². The fraction of sp³-hybridized carbons (Fsp3) is 0.233. The van der Waals surface area contributed by atoms with Gasteiger partial charge in [0.1, 0.15) is 0 Å². The molecule has 0 radical (unpaired) electrons. The number of fused-ring (bicyclic) bond motifs is 1. The molecule has 11 heteroatoms. The van der Waals surface area contributed by atoms with Gasteiger partial charge in [-0.3, -0.25) is 4.79 Å². The summed E-state index contributed by atoms with van der Waals surface area (Å²) < 4.78 is 28.9. The van der Waals surface area contributed by atoms with Gasteiger partial charge in [0.05, 0.1) is 27.3 Å². The number of para-hydroxylation sites is 1. The highest BCUT2D eigenvalue weighted by molar-refractivity contribution is 7.94. The highest BCUT2D eigenvalue weighted by Gasteiger charge is 2.30. The summed E-state index contributed by atoms with van der Waals surface area (Å²) in [4.78, 5) is 24.2. The topological polar surface area (TPSA) is 123 Å². The molecule has 2 aromatic heterocycles. The van der Waals surface area contributed by atoms with Gasteiger partial charge < -0.3 is 16.0 Å². The molecule has 0 bridgehead atoms. The van der Waals surface area contributed by atoms with Crippen LogP contribution >= 0.6 is 11.6 Å². The molecule has 2 aliphatic rings. The van der Waals surface area contributed by atoms with E-state index in [1.165, 1.54) is 10.2 Å². The van der Waals surface area contributed by atoms with Crippen molar-refractivity contribution in [3.05, 3.63) is 94.6 Å². The lowest BCUT2D eigenvalue weighted by atomic mass is 10.0. The number of carbonyl (C=O) groups excluding carboxylic acids is 1. The number of anilines is 2. The molecule has 4 aromatic rings. The number of nitrogen functional groups attached to an aromatic ring is 1. The Morgan fingerprint density at radius 1 is 1.15 bits per heavy atom. The molecule has 1 aliphatic heterocycles. The van der Waals surface area contributed by atoms with Crippen LogP contribution in [0.5, 0.6) is 0 Å². The van der Waals surface area contributed by atoms with Crippen LogP contribution in [0, 0.1) is 5.92 Å². The Hall–Kier alpha value is -4.15. The minimum atomic E-state index is -3.83. The zero-order chi connectivity index (χ0) is 28.7. The Morgan fingerprint density at radius 3 is 2.71 bits per heavy atom. The zero-order valence-electron chi connectivity index (χ0n) is 22.4. The maximum Gasteiger partial charge on any atom is 0.264 e. The van der Waals surface area contributed by atoms with Crippen molar-refractivity contribution < 1.29 is 13.2 Å². The van der Waals surface area contributed by atoms with Crippen molar-refractivity contribution in [3.8, 4) is 11.3 Å². The molecule has 3 heterocycles. The van der Waals surface area contributed by atoms with E-state index in [2.05, 4.69) is 10.3 Å². The van der Waals surface area contributed by atoms with Crippen molar-refractivity contribution in [2.75, 3.05) is 24.1 Å². The number of allylic oxidation sites excluding steroid dienone is 4. The lowest BCUT2D eigenvalue weighted by molar-refractivity contribution is 0.0791. The number of aromatic nitrogens is 3. The molecule has 6 rings (SSSR count). The largest absolute Gasteiger partial charge is 0.399 e. The summed E-state index contributed by atoms with van der Waals surface area (Å²) in [5, 5.41) is 4.34. The van der Waals surface area contributed by atoms with E-state index in [4.69, 9.17) is 22.3 Å². The fourth-order valence-electron chi connectivity index (χ4n) is 5.40. The van der Waals surface area contributed by atoms with Crippen molar-refractivity contribution in [2.45, 2.75) is 25.8 Å². The predicted octanol–water partition coefficient (Wildman–Crippen LogP) is 5.32. The molecule has 0 saturated carbocycles. The summed E-state index contributed by atoms with van der Waals surface area (Å²) in [5.74, 6) is 0.162. The van der Waals surface area contributed by atoms with Crippen LogP contribution in [0.4, 0.5) is 11.6 Å². The van der Waals surface area contributed by atoms with Gasteiger partial charge in [-0.05, 0) is 55.2 Å². The third-order valence-corrected chi connectivity index (χ3v) is 9.80. The number of nitrogens with two attached hydrogens (primary N) is 1. The van der Waals surface area contributed by atoms with Crippen LogP contribution in [0.3, 0.4) is 0 Å². The van der Waals surface area contributed by atoms with Gasteiger partial charge in [-0.25, -0.2) is 22.4 Å². The number of halogens is 1.